The van der Waals surface area contributed by atoms with Crippen molar-refractivity contribution in [1.82, 2.24) is 9.97 Å². The summed E-state index contributed by atoms with van der Waals surface area (Å²) in [5, 5.41) is 31.8. The van der Waals surface area contributed by atoms with E-state index in [2.05, 4.69) is 25.6 Å². The standard InChI is InChI=1S/C20H14N8O4/c21-24-17-9-12-3-1-2-4-15(12)19(16-7-5-13(10-22-16)27(29)30)20(17)26-25-18-8-6-14(11-23-18)28(31)32/h1-11,24H,21H2. The summed E-state index contributed by atoms with van der Waals surface area (Å²) in [7, 11) is 0. The number of aromatic nitrogens is 2. The van der Waals surface area contributed by atoms with Gasteiger partial charge in [-0.1, -0.05) is 24.3 Å². The normalized spacial score (nSPS) is 11.0. The predicted molar refractivity (Wildman–Crippen MR) is 117 cm³/mol. The summed E-state index contributed by atoms with van der Waals surface area (Å²) in [5.74, 6) is 5.87. The quantitative estimate of drug-likeness (QED) is 0.189. The molecule has 0 atom stereocenters. The molecule has 2 aromatic heterocycles. The third-order valence-corrected chi connectivity index (χ3v) is 4.59. The summed E-state index contributed by atoms with van der Waals surface area (Å²) in [6, 6.07) is 14.7. The molecule has 0 radical (unpaired) electrons. The van der Waals surface area contributed by atoms with E-state index in [0.717, 1.165) is 23.2 Å². The van der Waals surface area contributed by atoms with Crippen molar-refractivity contribution >= 4 is 39.3 Å². The van der Waals surface area contributed by atoms with E-state index in [1.54, 1.807) is 6.07 Å². The highest BCUT2D eigenvalue weighted by molar-refractivity contribution is 6.05. The first-order valence-electron chi connectivity index (χ1n) is 9.13. The Hall–Kier alpha value is -4.84. The van der Waals surface area contributed by atoms with Crippen LogP contribution in [-0.4, -0.2) is 19.8 Å². The molecule has 0 saturated carbocycles. The van der Waals surface area contributed by atoms with Crippen molar-refractivity contribution in [3.63, 3.8) is 0 Å². The minimum Gasteiger partial charge on any atom is -0.322 e. The number of anilines is 1. The van der Waals surface area contributed by atoms with Gasteiger partial charge in [-0.15, -0.1) is 10.2 Å². The van der Waals surface area contributed by atoms with Crippen LogP contribution in [0.25, 0.3) is 22.0 Å². The predicted octanol–water partition coefficient (Wildman–Crippen LogP) is 4.81. The van der Waals surface area contributed by atoms with Crippen LogP contribution >= 0.6 is 0 Å². The van der Waals surface area contributed by atoms with E-state index >= 15 is 0 Å². The molecule has 0 amide bonds. The third kappa shape index (κ3) is 3.93. The van der Waals surface area contributed by atoms with Gasteiger partial charge in [-0.25, -0.2) is 9.97 Å². The van der Waals surface area contributed by atoms with Crippen molar-refractivity contribution in [3.8, 4) is 11.3 Å². The van der Waals surface area contributed by atoms with Crippen LogP contribution in [0, 0.1) is 20.2 Å². The van der Waals surface area contributed by atoms with Crippen molar-refractivity contribution in [2.45, 2.75) is 0 Å². The lowest BCUT2D eigenvalue weighted by Gasteiger charge is -2.13. The van der Waals surface area contributed by atoms with Gasteiger partial charge in [-0.2, -0.15) is 0 Å². The van der Waals surface area contributed by atoms with Gasteiger partial charge in [0.05, 0.1) is 21.2 Å². The molecule has 0 spiro atoms. The SMILES string of the molecule is NNc1cc2ccccc2c(-c2ccc([N+](=O)[O-])cn2)c1N=Nc1ccc([N+](=O)[O-])cn1. The highest BCUT2D eigenvalue weighted by Crippen LogP contribution is 2.42. The Morgan fingerprint density at radius 3 is 2.16 bits per heavy atom. The Morgan fingerprint density at radius 1 is 0.875 bits per heavy atom. The Kier molecular flexibility index (Phi) is 5.42. The van der Waals surface area contributed by atoms with Crippen LogP contribution in [0.5, 0.6) is 0 Å². The topological polar surface area (TPSA) is 175 Å². The second kappa shape index (κ2) is 8.49. The number of hydrogen-bond donors (Lipinski definition) is 2. The van der Waals surface area contributed by atoms with Crippen molar-refractivity contribution in [2.75, 3.05) is 5.43 Å². The number of azo groups is 1. The number of fused-ring (bicyclic) bond motifs is 1. The Balaban J connectivity index is 1.89. The number of benzene rings is 2. The average molecular weight is 430 g/mol. The molecule has 4 rings (SSSR count). The van der Waals surface area contributed by atoms with E-state index in [0.29, 0.717) is 22.6 Å². The summed E-state index contributed by atoms with van der Waals surface area (Å²) < 4.78 is 0. The monoisotopic (exact) mass is 430 g/mol. The lowest BCUT2D eigenvalue weighted by molar-refractivity contribution is -0.385. The van der Waals surface area contributed by atoms with E-state index in [-0.39, 0.29) is 17.2 Å². The molecule has 0 saturated heterocycles. The summed E-state index contributed by atoms with van der Waals surface area (Å²) in [4.78, 5) is 28.9. The Labute approximate surface area is 179 Å². The molecular formula is C20H14N8O4. The van der Waals surface area contributed by atoms with E-state index in [4.69, 9.17) is 5.84 Å². The second-order valence-corrected chi connectivity index (χ2v) is 6.50. The number of nitrogens with one attached hydrogen (secondary N) is 1. The zero-order chi connectivity index (χ0) is 22.7. The summed E-state index contributed by atoms with van der Waals surface area (Å²) in [6.45, 7) is 0. The minimum atomic E-state index is -0.563. The van der Waals surface area contributed by atoms with Crippen molar-refractivity contribution in [1.29, 1.82) is 0 Å². The van der Waals surface area contributed by atoms with Gasteiger partial charge >= 0.3 is 0 Å². The fraction of sp³-hybridized carbons (Fsp3) is 0. The first-order valence-corrected chi connectivity index (χ1v) is 9.13. The number of nitro groups is 2. The number of hydrogen-bond acceptors (Lipinski definition) is 10. The lowest BCUT2D eigenvalue weighted by atomic mass is 9.98. The molecule has 2 aromatic carbocycles. The van der Waals surface area contributed by atoms with Gasteiger partial charge in [0.15, 0.2) is 5.82 Å². The number of nitrogen functional groups attached to an aromatic ring is 1. The van der Waals surface area contributed by atoms with E-state index in [1.807, 2.05) is 24.3 Å². The maximum absolute atomic E-state index is 11.0. The van der Waals surface area contributed by atoms with Crippen LogP contribution < -0.4 is 11.3 Å². The van der Waals surface area contributed by atoms with Gasteiger partial charge < -0.3 is 5.43 Å². The molecule has 0 fully saturated rings. The number of nitrogens with zero attached hydrogens (tertiary/aromatic N) is 6. The smallest absolute Gasteiger partial charge is 0.287 e. The fourth-order valence-corrected chi connectivity index (χ4v) is 3.10. The molecular weight excluding hydrogens is 416 g/mol. The lowest BCUT2D eigenvalue weighted by Crippen LogP contribution is -2.07. The van der Waals surface area contributed by atoms with E-state index in [9.17, 15) is 20.2 Å². The van der Waals surface area contributed by atoms with Crippen molar-refractivity contribution in [2.24, 2.45) is 16.1 Å². The summed E-state index contributed by atoms with van der Waals surface area (Å²) in [5.41, 5.74) is 4.01. The summed E-state index contributed by atoms with van der Waals surface area (Å²) >= 11 is 0. The first kappa shape index (κ1) is 20.4. The van der Waals surface area contributed by atoms with Gasteiger partial charge in [0.2, 0.25) is 0 Å². The highest BCUT2D eigenvalue weighted by atomic mass is 16.6. The maximum Gasteiger partial charge on any atom is 0.287 e. The molecule has 3 N–H and O–H groups in total. The van der Waals surface area contributed by atoms with Gasteiger partial charge in [0, 0.05) is 17.7 Å². The van der Waals surface area contributed by atoms with Gasteiger partial charge in [0.1, 0.15) is 18.1 Å². The highest BCUT2D eigenvalue weighted by Gasteiger charge is 2.17. The fourth-order valence-electron chi connectivity index (χ4n) is 3.10. The zero-order valence-electron chi connectivity index (χ0n) is 16.2. The van der Waals surface area contributed by atoms with Gasteiger partial charge in [-0.3, -0.25) is 26.1 Å². The van der Waals surface area contributed by atoms with Crippen LogP contribution in [0.2, 0.25) is 0 Å². The Morgan fingerprint density at radius 2 is 1.56 bits per heavy atom. The van der Waals surface area contributed by atoms with E-state index in [1.165, 1.54) is 24.3 Å². The molecule has 2 heterocycles. The van der Waals surface area contributed by atoms with Crippen molar-refractivity contribution < 1.29 is 9.85 Å². The zero-order valence-corrected chi connectivity index (χ0v) is 16.2. The maximum atomic E-state index is 11.0. The number of nitrogens with two attached hydrogens (primary N) is 1. The molecule has 12 nitrogen and oxygen atoms in total. The molecule has 0 aliphatic carbocycles. The van der Waals surface area contributed by atoms with Crippen LogP contribution in [0.4, 0.5) is 28.6 Å². The number of rotatable bonds is 6. The molecule has 4 aromatic rings. The average Bonchev–Trinajstić information content (AvgIpc) is 2.82. The minimum absolute atomic E-state index is 0.148. The van der Waals surface area contributed by atoms with Crippen LogP contribution in [0.15, 0.2) is 77.2 Å². The van der Waals surface area contributed by atoms with Crippen molar-refractivity contribution in [3.05, 3.63) is 87.2 Å². The molecule has 32 heavy (non-hydrogen) atoms. The van der Waals surface area contributed by atoms with Gasteiger partial charge in [0.25, 0.3) is 11.4 Å². The molecule has 0 bridgehead atoms. The van der Waals surface area contributed by atoms with Crippen LogP contribution in [0.1, 0.15) is 0 Å². The second-order valence-electron chi connectivity index (χ2n) is 6.50. The first-order chi connectivity index (χ1) is 15.5. The number of hydrazine groups is 1. The molecule has 12 heteroatoms. The van der Waals surface area contributed by atoms with Crippen LogP contribution in [-0.2, 0) is 0 Å². The van der Waals surface area contributed by atoms with E-state index < -0.39 is 9.85 Å². The number of pyridine rings is 2. The largest absolute Gasteiger partial charge is 0.322 e. The molecule has 158 valence electrons. The van der Waals surface area contributed by atoms with Gasteiger partial charge in [-0.05, 0) is 29.0 Å². The summed E-state index contributed by atoms with van der Waals surface area (Å²) in [6.07, 6.45) is 2.24. The third-order valence-electron chi connectivity index (χ3n) is 4.59. The molecule has 0 unspecified atom stereocenters. The Bertz CT molecular complexity index is 1350. The molecule has 0 aliphatic rings. The van der Waals surface area contributed by atoms with Crippen LogP contribution in [0.3, 0.4) is 0 Å². The molecule has 0 aliphatic heterocycles.